The Bertz CT molecular complexity index is 3410. The highest BCUT2D eigenvalue weighted by molar-refractivity contribution is 7.15. The molecule has 10 aromatic heterocycles. The zero-order chi connectivity index (χ0) is 49.3. The molecule has 22 heteroatoms. The van der Waals surface area contributed by atoms with Crippen molar-refractivity contribution in [2.24, 2.45) is 28.2 Å². The summed E-state index contributed by atoms with van der Waals surface area (Å²) in [6.07, 6.45) is 15.1. The van der Waals surface area contributed by atoms with Crippen LogP contribution in [0, 0.1) is 0 Å². The standard InChI is InChI=1S/C27H35N9OSSi.C21H21N9S/c1-18(2)26-32-33-27(38-26)36(17-37-10-11-39(5,6)7)24-9-8-22-23(31-24)12-19(13-28-22)21-15-30-35(4)25(21)20-14-29-34(3)16-20;1-12(2)20-27-28-21(31-20)26-18-6-5-16-17(25-18)7-13(8-22-16)15-10-24-30(4)19(15)14-9-23-29(3)11-14/h8-9,12-16,18H,10-11,17H2,1-7H3;5-12H,1-4H3,(H,25,26,28). The van der Waals surface area contributed by atoms with E-state index in [-0.39, 0.29) is 0 Å². The fourth-order valence-corrected chi connectivity index (χ4v) is 9.89. The van der Waals surface area contributed by atoms with Crippen molar-refractivity contribution in [2.75, 3.05) is 23.6 Å². The van der Waals surface area contributed by atoms with Crippen molar-refractivity contribution in [3.8, 4) is 44.8 Å². The lowest BCUT2D eigenvalue weighted by molar-refractivity contribution is 0.153. The van der Waals surface area contributed by atoms with Crippen LogP contribution in [0.4, 0.5) is 21.9 Å². The maximum Gasteiger partial charge on any atom is 0.215 e. The van der Waals surface area contributed by atoms with Gasteiger partial charge < -0.3 is 10.1 Å². The number of nitrogens with zero attached hydrogens (tertiary/aromatic N) is 17. The number of hydrogen-bond acceptors (Lipinski definition) is 17. The van der Waals surface area contributed by atoms with Gasteiger partial charge in [0.05, 0.1) is 58.2 Å². The second-order valence-corrected chi connectivity index (χ2v) is 26.5. The molecule has 0 bridgehead atoms. The second-order valence-electron chi connectivity index (χ2n) is 18.8. The minimum absolute atomic E-state index is 0.302. The number of aromatic nitrogens is 16. The van der Waals surface area contributed by atoms with E-state index < -0.39 is 8.07 Å². The zero-order valence-corrected chi connectivity index (χ0v) is 43.8. The molecule has 0 spiro atoms. The largest absolute Gasteiger partial charge is 0.361 e. The van der Waals surface area contributed by atoms with E-state index in [4.69, 9.17) is 19.7 Å². The molecule has 0 radical (unpaired) electrons. The van der Waals surface area contributed by atoms with E-state index in [1.54, 1.807) is 20.7 Å². The third kappa shape index (κ3) is 10.7. The number of fused-ring (bicyclic) bond motifs is 2. The molecular formula is C48H56N18OS2Si. The van der Waals surface area contributed by atoms with Crippen LogP contribution in [0.3, 0.4) is 0 Å². The average Bonchev–Trinajstić information content (AvgIpc) is 4.20. The number of nitrogens with one attached hydrogen (secondary N) is 1. The maximum absolute atomic E-state index is 6.15. The molecule has 0 aromatic carbocycles. The SMILES string of the molecule is CC(C)c1nnc(N(COCC[Si](C)(C)C)c2ccc3ncc(-c4cnn(C)c4-c4cnn(C)c4)cc3n2)s1.CC(C)c1nnc(Nc2ccc3ncc(-c4cnn(C)c4-c4cnn(C)c4)cc3n2)s1. The highest BCUT2D eigenvalue weighted by Crippen LogP contribution is 2.36. The molecule has 70 heavy (non-hydrogen) atoms. The summed E-state index contributed by atoms with van der Waals surface area (Å²) in [7, 11) is 6.46. The fraction of sp³-hybridized carbons (Fsp3) is 0.333. The van der Waals surface area contributed by atoms with Gasteiger partial charge in [0.15, 0.2) is 0 Å². The molecule has 0 fully saturated rings. The summed E-state index contributed by atoms with van der Waals surface area (Å²) in [6, 6.07) is 13.0. The molecule has 19 nitrogen and oxygen atoms in total. The predicted molar refractivity (Wildman–Crippen MR) is 280 cm³/mol. The monoisotopic (exact) mass is 992 g/mol. The van der Waals surface area contributed by atoms with Gasteiger partial charge in [0.2, 0.25) is 10.3 Å². The van der Waals surface area contributed by atoms with Gasteiger partial charge >= 0.3 is 0 Å². The molecule has 0 atom stereocenters. The van der Waals surface area contributed by atoms with E-state index in [0.29, 0.717) is 31.0 Å². The lowest BCUT2D eigenvalue weighted by atomic mass is 10.0. The van der Waals surface area contributed by atoms with E-state index in [1.165, 1.54) is 11.3 Å². The van der Waals surface area contributed by atoms with Crippen LogP contribution in [0.2, 0.25) is 25.7 Å². The molecular weight excluding hydrogens is 937 g/mol. The van der Waals surface area contributed by atoms with E-state index in [1.807, 2.05) is 122 Å². The number of aryl methyl sites for hydroxylation is 4. The summed E-state index contributed by atoms with van der Waals surface area (Å²) in [5.41, 5.74) is 11.0. The van der Waals surface area contributed by atoms with Gasteiger partial charge in [-0.3, -0.25) is 33.6 Å². The molecule has 10 aromatic rings. The summed E-state index contributed by atoms with van der Waals surface area (Å²) in [5.74, 6) is 2.10. The molecule has 0 saturated carbocycles. The van der Waals surface area contributed by atoms with Crippen molar-refractivity contribution < 1.29 is 4.74 Å². The molecule has 1 N–H and O–H groups in total. The Morgan fingerprint density at radius 3 is 1.70 bits per heavy atom. The highest BCUT2D eigenvalue weighted by Gasteiger charge is 2.22. The van der Waals surface area contributed by atoms with Gasteiger partial charge in [-0.2, -0.15) is 20.4 Å². The van der Waals surface area contributed by atoms with Gasteiger partial charge in [-0.15, -0.1) is 20.4 Å². The lowest BCUT2D eigenvalue weighted by Gasteiger charge is -2.22. The highest BCUT2D eigenvalue weighted by atomic mass is 32.1. The normalized spacial score (nSPS) is 11.8. The van der Waals surface area contributed by atoms with Crippen LogP contribution >= 0.6 is 22.7 Å². The summed E-state index contributed by atoms with van der Waals surface area (Å²) in [5, 5.41) is 41.7. The zero-order valence-electron chi connectivity index (χ0n) is 41.2. The predicted octanol–water partition coefficient (Wildman–Crippen LogP) is 10.0. The first-order chi connectivity index (χ1) is 33.6. The van der Waals surface area contributed by atoms with Crippen LogP contribution in [-0.2, 0) is 32.9 Å². The first-order valence-electron chi connectivity index (χ1n) is 22.9. The van der Waals surface area contributed by atoms with Crippen LogP contribution in [-0.4, -0.2) is 101 Å². The molecule has 0 amide bonds. The summed E-state index contributed by atoms with van der Waals surface area (Å²) in [4.78, 5) is 21.1. The van der Waals surface area contributed by atoms with Crippen molar-refractivity contribution >= 4 is 74.7 Å². The third-order valence-corrected chi connectivity index (χ3v) is 15.4. The Kier molecular flexibility index (Phi) is 13.7. The topological polar surface area (TPSA) is 199 Å². The van der Waals surface area contributed by atoms with E-state index >= 15 is 0 Å². The summed E-state index contributed by atoms with van der Waals surface area (Å²) in [6.45, 7) is 16.6. The van der Waals surface area contributed by atoms with Gasteiger partial charge in [-0.05, 0) is 42.4 Å². The van der Waals surface area contributed by atoms with Crippen LogP contribution in [0.25, 0.3) is 66.8 Å². The smallest absolute Gasteiger partial charge is 0.215 e. The Morgan fingerprint density at radius 2 is 1.17 bits per heavy atom. The van der Waals surface area contributed by atoms with Crippen molar-refractivity contribution in [3.63, 3.8) is 0 Å². The number of rotatable bonds is 15. The van der Waals surface area contributed by atoms with Crippen LogP contribution < -0.4 is 10.2 Å². The minimum Gasteiger partial charge on any atom is -0.361 e. The maximum atomic E-state index is 6.15. The first-order valence-corrected chi connectivity index (χ1v) is 28.3. The third-order valence-electron chi connectivity index (χ3n) is 11.3. The van der Waals surface area contributed by atoms with Gasteiger partial charge in [0.1, 0.15) is 28.4 Å². The number of anilines is 4. The Labute approximate surface area is 414 Å². The minimum atomic E-state index is -1.20. The number of hydrogen-bond donors (Lipinski definition) is 1. The molecule has 10 rings (SSSR count). The number of ether oxygens (including phenoxy) is 1. The molecule has 0 unspecified atom stereocenters. The van der Waals surface area contributed by atoms with Crippen molar-refractivity contribution in [1.29, 1.82) is 0 Å². The van der Waals surface area contributed by atoms with E-state index in [0.717, 1.165) is 99.0 Å². The first kappa shape index (κ1) is 47.9. The van der Waals surface area contributed by atoms with Crippen molar-refractivity contribution in [3.05, 3.63) is 96.0 Å². The summed E-state index contributed by atoms with van der Waals surface area (Å²) < 4.78 is 13.4. The number of pyridine rings is 4. The van der Waals surface area contributed by atoms with E-state index in [2.05, 4.69) is 104 Å². The molecule has 0 saturated heterocycles. The van der Waals surface area contributed by atoms with E-state index in [9.17, 15) is 0 Å². The van der Waals surface area contributed by atoms with Crippen LogP contribution in [0.15, 0.2) is 86.0 Å². The molecule has 360 valence electrons. The summed E-state index contributed by atoms with van der Waals surface area (Å²) >= 11 is 3.11. The van der Waals surface area contributed by atoms with Gasteiger partial charge in [0.25, 0.3) is 0 Å². The Hall–Kier alpha value is -7.14. The van der Waals surface area contributed by atoms with Crippen LogP contribution in [0.5, 0.6) is 0 Å². The average molecular weight is 993 g/mol. The molecule has 0 aliphatic carbocycles. The Morgan fingerprint density at radius 1 is 0.614 bits per heavy atom. The van der Waals surface area contributed by atoms with Gasteiger partial charge in [-0.25, -0.2) is 9.97 Å². The van der Waals surface area contributed by atoms with Gasteiger partial charge in [0, 0.05) is 113 Å². The molecule has 0 aliphatic rings. The van der Waals surface area contributed by atoms with Crippen LogP contribution in [0.1, 0.15) is 49.5 Å². The van der Waals surface area contributed by atoms with Crippen molar-refractivity contribution in [1.82, 2.24) is 79.5 Å². The second kappa shape index (κ2) is 20.1. The Balaban J connectivity index is 0.000000178. The fourth-order valence-electron chi connectivity index (χ4n) is 7.54. The van der Waals surface area contributed by atoms with Crippen molar-refractivity contribution in [2.45, 2.75) is 65.2 Å². The molecule has 10 heterocycles. The van der Waals surface area contributed by atoms with Gasteiger partial charge in [-0.1, -0.05) is 70.0 Å². The quantitative estimate of drug-likeness (QED) is 0.0578. The lowest BCUT2D eigenvalue weighted by Crippen LogP contribution is -2.26. The molecule has 0 aliphatic heterocycles.